The number of halogens is 1. The lowest BCUT2D eigenvalue weighted by Gasteiger charge is -2.08. The predicted molar refractivity (Wildman–Crippen MR) is 110 cm³/mol. The summed E-state index contributed by atoms with van der Waals surface area (Å²) in [7, 11) is 0. The van der Waals surface area contributed by atoms with Gasteiger partial charge >= 0.3 is 5.69 Å². The number of nitrogens with zero attached hydrogens (tertiary/aromatic N) is 5. The topological polar surface area (TPSA) is 90.5 Å². The van der Waals surface area contributed by atoms with Gasteiger partial charge in [0.25, 0.3) is 5.56 Å². The normalized spacial score (nSPS) is 13.9. The van der Waals surface area contributed by atoms with E-state index in [1.54, 1.807) is 23.1 Å². The van der Waals surface area contributed by atoms with Gasteiger partial charge < -0.3 is 4.98 Å². The summed E-state index contributed by atoms with van der Waals surface area (Å²) in [6.07, 6.45) is 5.51. The number of aromatic nitrogens is 6. The van der Waals surface area contributed by atoms with Gasteiger partial charge in [0.2, 0.25) is 0 Å². The summed E-state index contributed by atoms with van der Waals surface area (Å²) in [4.78, 5) is 33.3. The van der Waals surface area contributed by atoms with Crippen molar-refractivity contribution < 1.29 is 4.39 Å². The minimum Gasteiger partial charge on any atom is -0.332 e. The number of aromatic amines is 1. The molecule has 0 amide bonds. The smallest absolute Gasteiger partial charge is 0.332 e. The van der Waals surface area contributed by atoms with Crippen molar-refractivity contribution in [2.45, 2.75) is 39.4 Å². The third kappa shape index (κ3) is 3.26. The third-order valence-corrected chi connectivity index (χ3v) is 5.46. The number of benzene rings is 1. The molecular weight excluding hydrogens is 387 g/mol. The van der Waals surface area contributed by atoms with Gasteiger partial charge in [-0.05, 0) is 43.4 Å². The van der Waals surface area contributed by atoms with E-state index in [-0.39, 0.29) is 17.1 Å². The first-order valence-corrected chi connectivity index (χ1v) is 10.0. The Kier molecular flexibility index (Phi) is 4.38. The van der Waals surface area contributed by atoms with Crippen LogP contribution in [0.1, 0.15) is 25.3 Å². The highest BCUT2D eigenvalue weighted by molar-refractivity contribution is 5.75. The molecule has 0 spiro atoms. The van der Waals surface area contributed by atoms with E-state index >= 15 is 0 Å². The van der Waals surface area contributed by atoms with E-state index in [1.807, 2.05) is 13.0 Å². The molecule has 3 aromatic heterocycles. The maximum Gasteiger partial charge on any atom is 0.332 e. The van der Waals surface area contributed by atoms with E-state index in [9.17, 15) is 14.0 Å². The Balaban J connectivity index is 1.54. The molecule has 4 aromatic rings. The molecule has 8 nitrogen and oxygen atoms in total. The number of H-pyrrole nitrogens is 1. The fraction of sp³-hybridized carbons (Fsp3) is 0.333. The van der Waals surface area contributed by atoms with Crippen molar-refractivity contribution in [3.05, 3.63) is 68.9 Å². The molecule has 3 heterocycles. The van der Waals surface area contributed by atoms with Gasteiger partial charge in [0, 0.05) is 19.3 Å². The van der Waals surface area contributed by atoms with Gasteiger partial charge in [0.1, 0.15) is 17.2 Å². The van der Waals surface area contributed by atoms with Crippen molar-refractivity contribution >= 4 is 11.2 Å². The van der Waals surface area contributed by atoms with Crippen molar-refractivity contribution in [2.24, 2.45) is 5.92 Å². The van der Waals surface area contributed by atoms with Crippen molar-refractivity contribution in [3.63, 3.8) is 0 Å². The molecule has 0 aliphatic heterocycles. The van der Waals surface area contributed by atoms with Crippen LogP contribution in [0.4, 0.5) is 4.39 Å². The van der Waals surface area contributed by atoms with E-state index in [4.69, 9.17) is 0 Å². The van der Waals surface area contributed by atoms with Crippen LogP contribution in [-0.4, -0.2) is 28.9 Å². The van der Waals surface area contributed by atoms with Crippen LogP contribution in [-0.2, 0) is 19.6 Å². The second kappa shape index (κ2) is 7.08. The molecule has 0 atom stereocenters. The molecular formula is C21H21FN6O2. The van der Waals surface area contributed by atoms with Crippen molar-refractivity contribution in [3.8, 4) is 11.4 Å². The standard InChI is InChI=1S/C21H21FN6O2/c1-2-27-19-17(20(29)28(21(27)30)11-13-6-7-13)24-18(25-19)15-9-23-26(12-15)10-14-4-3-5-16(22)8-14/h3-5,8-9,12-13H,2,6-7,10-11H2,1H3,(H,24,25). The van der Waals surface area contributed by atoms with Gasteiger partial charge in [-0.1, -0.05) is 12.1 Å². The van der Waals surface area contributed by atoms with Gasteiger partial charge in [-0.25, -0.2) is 14.2 Å². The number of nitrogens with one attached hydrogen (secondary N) is 1. The number of rotatable bonds is 6. The van der Waals surface area contributed by atoms with Crippen LogP contribution >= 0.6 is 0 Å². The maximum absolute atomic E-state index is 13.4. The van der Waals surface area contributed by atoms with Gasteiger partial charge in [-0.3, -0.25) is 18.6 Å². The van der Waals surface area contributed by atoms with Crippen LogP contribution < -0.4 is 11.2 Å². The lowest BCUT2D eigenvalue weighted by molar-refractivity contribution is 0.544. The van der Waals surface area contributed by atoms with E-state index in [2.05, 4.69) is 15.1 Å². The monoisotopic (exact) mass is 408 g/mol. The summed E-state index contributed by atoms with van der Waals surface area (Å²) in [6.45, 7) is 3.14. The molecule has 1 aliphatic carbocycles. The summed E-state index contributed by atoms with van der Waals surface area (Å²) >= 11 is 0. The third-order valence-electron chi connectivity index (χ3n) is 5.46. The van der Waals surface area contributed by atoms with Gasteiger partial charge in [0.15, 0.2) is 5.65 Å². The molecule has 0 radical (unpaired) electrons. The summed E-state index contributed by atoms with van der Waals surface area (Å²) < 4.78 is 17.9. The Labute approximate surface area is 170 Å². The molecule has 1 saturated carbocycles. The minimum absolute atomic E-state index is 0.294. The fourth-order valence-electron chi connectivity index (χ4n) is 3.70. The van der Waals surface area contributed by atoms with E-state index < -0.39 is 0 Å². The fourth-order valence-corrected chi connectivity index (χ4v) is 3.70. The molecule has 30 heavy (non-hydrogen) atoms. The quantitative estimate of drug-likeness (QED) is 0.530. The van der Waals surface area contributed by atoms with Crippen LogP contribution in [0.2, 0.25) is 0 Å². The summed E-state index contributed by atoms with van der Waals surface area (Å²) in [5.74, 6) is 0.581. The molecule has 1 aliphatic rings. The van der Waals surface area contributed by atoms with E-state index in [0.29, 0.717) is 48.1 Å². The molecule has 1 fully saturated rings. The average Bonchev–Trinajstić information content (AvgIpc) is 3.24. The molecule has 1 N–H and O–H groups in total. The molecule has 0 bridgehead atoms. The molecule has 1 aromatic carbocycles. The first-order chi connectivity index (χ1) is 14.5. The average molecular weight is 408 g/mol. The number of fused-ring (bicyclic) bond motifs is 1. The predicted octanol–water partition coefficient (Wildman–Crippen LogP) is 2.37. The van der Waals surface area contributed by atoms with Crippen LogP contribution in [0.5, 0.6) is 0 Å². The van der Waals surface area contributed by atoms with Crippen LogP contribution in [0.3, 0.4) is 0 Å². The van der Waals surface area contributed by atoms with Crippen molar-refractivity contribution in [1.29, 1.82) is 0 Å². The van der Waals surface area contributed by atoms with E-state index in [0.717, 1.165) is 18.4 Å². The Hall–Kier alpha value is -3.49. The highest BCUT2D eigenvalue weighted by atomic mass is 19.1. The first-order valence-electron chi connectivity index (χ1n) is 10.0. The largest absolute Gasteiger partial charge is 0.332 e. The second-order valence-electron chi connectivity index (χ2n) is 7.73. The molecule has 9 heteroatoms. The Bertz CT molecular complexity index is 1360. The molecule has 5 rings (SSSR count). The van der Waals surface area contributed by atoms with Crippen LogP contribution in [0, 0.1) is 11.7 Å². The number of hydrogen-bond acceptors (Lipinski definition) is 4. The van der Waals surface area contributed by atoms with Crippen LogP contribution in [0.25, 0.3) is 22.6 Å². The number of aryl methyl sites for hydroxylation is 1. The number of hydrogen-bond donors (Lipinski definition) is 1. The zero-order valence-electron chi connectivity index (χ0n) is 16.5. The lowest BCUT2D eigenvalue weighted by Crippen LogP contribution is -2.40. The zero-order chi connectivity index (χ0) is 20.8. The van der Waals surface area contributed by atoms with Crippen molar-refractivity contribution in [1.82, 2.24) is 28.9 Å². The van der Waals surface area contributed by atoms with Gasteiger partial charge in [-0.15, -0.1) is 0 Å². The Morgan fingerprint density at radius 1 is 1.23 bits per heavy atom. The number of imidazole rings is 1. The summed E-state index contributed by atoms with van der Waals surface area (Å²) in [5.41, 5.74) is 1.50. The van der Waals surface area contributed by atoms with E-state index in [1.165, 1.54) is 21.3 Å². The van der Waals surface area contributed by atoms with Gasteiger partial charge in [-0.2, -0.15) is 5.10 Å². The van der Waals surface area contributed by atoms with Crippen molar-refractivity contribution in [2.75, 3.05) is 0 Å². The Morgan fingerprint density at radius 2 is 2.07 bits per heavy atom. The maximum atomic E-state index is 13.4. The summed E-state index contributed by atoms with van der Waals surface area (Å²) in [5, 5.41) is 4.32. The van der Waals surface area contributed by atoms with Crippen LogP contribution in [0.15, 0.2) is 46.2 Å². The molecule has 0 saturated heterocycles. The molecule has 154 valence electrons. The highest BCUT2D eigenvalue weighted by Crippen LogP contribution is 2.29. The zero-order valence-corrected chi connectivity index (χ0v) is 16.5. The Morgan fingerprint density at radius 3 is 2.80 bits per heavy atom. The first kappa shape index (κ1) is 18.5. The second-order valence-corrected chi connectivity index (χ2v) is 7.73. The summed E-state index contributed by atoms with van der Waals surface area (Å²) in [6, 6.07) is 6.35. The highest BCUT2D eigenvalue weighted by Gasteiger charge is 2.25. The van der Waals surface area contributed by atoms with Gasteiger partial charge in [0.05, 0.1) is 18.3 Å². The molecule has 0 unspecified atom stereocenters. The SMILES string of the molecule is CCn1c(=O)n(CC2CC2)c(=O)c2[nH]c(-c3cnn(Cc4cccc(F)c4)c3)nc21. The lowest BCUT2D eigenvalue weighted by atomic mass is 10.2. The minimum atomic E-state index is -0.336.